The summed E-state index contributed by atoms with van der Waals surface area (Å²) in [6, 6.07) is 12.2. The molecule has 1 atom stereocenters. The number of fused-ring (bicyclic) bond motifs is 1. The highest BCUT2D eigenvalue weighted by Gasteiger charge is 2.24. The summed E-state index contributed by atoms with van der Waals surface area (Å²) in [6.07, 6.45) is 1.48. The van der Waals surface area contributed by atoms with E-state index in [9.17, 15) is 4.79 Å². The quantitative estimate of drug-likeness (QED) is 0.357. The zero-order valence-corrected chi connectivity index (χ0v) is 17.3. The fraction of sp³-hybridized carbons (Fsp3) is 0.333. The summed E-state index contributed by atoms with van der Waals surface area (Å²) >= 11 is 1.77. The van der Waals surface area contributed by atoms with Crippen molar-refractivity contribution in [3.05, 3.63) is 52.2 Å². The molecule has 0 saturated carbocycles. The lowest BCUT2D eigenvalue weighted by molar-refractivity contribution is -0.116. The Morgan fingerprint density at radius 2 is 2.12 bits per heavy atom. The number of rotatable bonds is 5. The summed E-state index contributed by atoms with van der Waals surface area (Å²) in [6.45, 7) is 1.52. The monoisotopic (exact) mass is 470 g/mol. The molecule has 134 valence electrons. The predicted molar refractivity (Wildman–Crippen MR) is 115 cm³/mol. The molecule has 2 aromatic rings. The van der Waals surface area contributed by atoms with Crippen molar-refractivity contribution in [1.82, 2.24) is 10.6 Å². The Morgan fingerprint density at radius 3 is 2.88 bits per heavy atom. The standard InChI is InChI=1S/C18H22N4OS.HI/c1-19-18(20-9-8-14-5-4-10-24-14)21-12-13-11-17(23)22-16-7-3-2-6-15(13)16;/h2-7,10,13H,8-9,11-12H2,1H3,(H,22,23)(H2,19,20,21);1H. The molecule has 1 aliphatic heterocycles. The number of nitrogens with zero attached hydrogens (tertiary/aromatic N) is 1. The highest BCUT2D eigenvalue weighted by Crippen LogP contribution is 2.31. The maximum absolute atomic E-state index is 11.9. The SMILES string of the molecule is CN=C(NCCc1cccs1)NCC1CC(=O)Nc2ccccc21.I. The Bertz CT molecular complexity index is 718. The molecule has 2 heterocycles. The number of anilines is 1. The van der Waals surface area contributed by atoms with Gasteiger partial charge in [-0.25, -0.2) is 0 Å². The molecule has 0 fully saturated rings. The van der Waals surface area contributed by atoms with Crippen LogP contribution in [0.5, 0.6) is 0 Å². The first-order chi connectivity index (χ1) is 11.8. The summed E-state index contributed by atoms with van der Waals surface area (Å²) in [7, 11) is 1.77. The van der Waals surface area contributed by atoms with Crippen LogP contribution < -0.4 is 16.0 Å². The molecule has 0 radical (unpaired) electrons. The fourth-order valence-electron chi connectivity index (χ4n) is 2.88. The van der Waals surface area contributed by atoms with Crippen molar-refractivity contribution in [3.8, 4) is 0 Å². The van der Waals surface area contributed by atoms with Crippen molar-refractivity contribution in [3.63, 3.8) is 0 Å². The molecule has 3 rings (SSSR count). The van der Waals surface area contributed by atoms with Gasteiger partial charge in [-0.05, 0) is 29.5 Å². The van der Waals surface area contributed by atoms with Gasteiger partial charge < -0.3 is 16.0 Å². The molecular weight excluding hydrogens is 447 g/mol. The van der Waals surface area contributed by atoms with Gasteiger partial charge in [0.05, 0.1) is 0 Å². The number of carbonyl (C=O) groups excluding carboxylic acids is 1. The van der Waals surface area contributed by atoms with E-state index in [1.165, 1.54) is 10.4 Å². The van der Waals surface area contributed by atoms with E-state index >= 15 is 0 Å². The van der Waals surface area contributed by atoms with Crippen LogP contribution in [0.2, 0.25) is 0 Å². The van der Waals surface area contributed by atoms with Gasteiger partial charge in [0.1, 0.15) is 0 Å². The maximum atomic E-state index is 11.9. The van der Waals surface area contributed by atoms with E-state index in [4.69, 9.17) is 0 Å². The molecule has 25 heavy (non-hydrogen) atoms. The van der Waals surface area contributed by atoms with Gasteiger partial charge in [-0.15, -0.1) is 35.3 Å². The molecule has 1 amide bonds. The normalized spacial score (nSPS) is 16.4. The van der Waals surface area contributed by atoms with E-state index in [2.05, 4.69) is 44.5 Å². The lowest BCUT2D eigenvalue weighted by Gasteiger charge is -2.26. The lowest BCUT2D eigenvalue weighted by atomic mass is 9.90. The minimum absolute atomic E-state index is 0. The van der Waals surface area contributed by atoms with Crippen LogP contribution in [-0.4, -0.2) is 32.0 Å². The molecule has 1 aromatic carbocycles. The van der Waals surface area contributed by atoms with Crippen LogP contribution >= 0.6 is 35.3 Å². The Labute approximate surface area is 169 Å². The predicted octanol–water partition coefficient (Wildman–Crippen LogP) is 3.20. The second kappa shape index (κ2) is 9.76. The fourth-order valence-corrected chi connectivity index (χ4v) is 3.59. The van der Waals surface area contributed by atoms with Gasteiger partial charge in [0.2, 0.25) is 5.91 Å². The third kappa shape index (κ3) is 5.43. The summed E-state index contributed by atoms with van der Waals surface area (Å²) in [5, 5.41) is 11.7. The molecule has 0 aliphatic carbocycles. The number of nitrogens with one attached hydrogen (secondary N) is 3. The van der Waals surface area contributed by atoms with Gasteiger partial charge >= 0.3 is 0 Å². The van der Waals surface area contributed by atoms with Crippen LogP contribution in [0.25, 0.3) is 0 Å². The highest BCUT2D eigenvalue weighted by atomic mass is 127. The Hall–Kier alpha value is -1.61. The largest absolute Gasteiger partial charge is 0.356 e. The average Bonchev–Trinajstić information content (AvgIpc) is 3.11. The molecular formula is C18H23IN4OS. The van der Waals surface area contributed by atoms with Crippen molar-refractivity contribution < 1.29 is 4.79 Å². The Balaban J connectivity index is 0.00000225. The number of guanidine groups is 1. The lowest BCUT2D eigenvalue weighted by Crippen LogP contribution is -2.41. The molecule has 1 aromatic heterocycles. The van der Waals surface area contributed by atoms with E-state index in [0.717, 1.165) is 24.6 Å². The van der Waals surface area contributed by atoms with Crippen LogP contribution in [-0.2, 0) is 11.2 Å². The topological polar surface area (TPSA) is 65.5 Å². The summed E-state index contributed by atoms with van der Waals surface area (Å²) in [5.74, 6) is 1.00. The zero-order valence-electron chi connectivity index (χ0n) is 14.1. The maximum Gasteiger partial charge on any atom is 0.225 e. The number of hydrogen-bond acceptors (Lipinski definition) is 3. The molecule has 0 saturated heterocycles. The van der Waals surface area contributed by atoms with Crippen molar-refractivity contribution in [2.24, 2.45) is 4.99 Å². The van der Waals surface area contributed by atoms with Crippen LogP contribution in [0.3, 0.4) is 0 Å². The van der Waals surface area contributed by atoms with E-state index in [0.29, 0.717) is 13.0 Å². The summed E-state index contributed by atoms with van der Waals surface area (Å²) in [4.78, 5) is 17.5. The number of halogens is 1. The van der Waals surface area contributed by atoms with Crippen molar-refractivity contribution in [2.75, 3.05) is 25.5 Å². The molecule has 1 aliphatic rings. The van der Waals surface area contributed by atoms with Gasteiger partial charge in [0, 0.05) is 43.0 Å². The third-order valence-electron chi connectivity index (χ3n) is 4.09. The van der Waals surface area contributed by atoms with E-state index in [1.807, 2.05) is 18.2 Å². The average molecular weight is 470 g/mol. The van der Waals surface area contributed by atoms with E-state index in [1.54, 1.807) is 18.4 Å². The van der Waals surface area contributed by atoms with Gasteiger partial charge in [-0.3, -0.25) is 9.79 Å². The first-order valence-electron chi connectivity index (χ1n) is 8.12. The highest BCUT2D eigenvalue weighted by molar-refractivity contribution is 14.0. The first kappa shape index (κ1) is 19.7. The molecule has 3 N–H and O–H groups in total. The first-order valence-corrected chi connectivity index (χ1v) is 9.00. The second-order valence-corrected chi connectivity index (χ2v) is 6.78. The van der Waals surface area contributed by atoms with E-state index < -0.39 is 0 Å². The number of amides is 1. The molecule has 7 heteroatoms. The minimum atomic E-state index is 0. The van der Waals surface area contributed by atoms with Crippen LogP contribution in [0, 0.1) is 0 Å². The zero-order chi connectivity index (χ0) is 16.8. The summed E-state index contributed by atoms with van der Waals surface area (Å²) < 4.78 is 0. The number of hydrogen-bond donors (Lipinski definition) is 3. The number of thiophene rings is 1. The number of para-hydroxylation sites is 1. The van der Waals surface area contributed by atoms with Gasteiger partial charge in [0.25, 0.3) is 0 Å². The van der Waals surface area contributed by atoms with Crippen LogP contribution in [0.4, 0.5) is 5.69 Å². The van der Waals surface area contributed by atoms with Crippen LogP contribution in [0.15, 0.2) is 46.8 Å². The van der Waals surface area contributed by atoms with E-state index in [-0.39, 0.29) is 35.8 Å². The molecule has 0 bridgehead atoms. The van der Waals surface area contributed by atoms with Crippen molar-refractivity contribution >= 4 is 52.9 Å². The van der Waals surface area contributed by atoms with Gasteiger partial charge in [-0.2, -0.15) is 0 Å². The summed E-state index contributed by atoms with van der Waals surface area (Å²) in [5.41, 5.74) is 2.10. The molecule has 1 unspecified atom stereocenters. The smallest absolute Gasteiger partial charge is 0.225 e. The van der Waals surface area contributed by atoms with Gasteiger partial charge in [-0.1, -0.05) is 24.3 Å². The van der Waals surface area contributed by atoms with Crippen molar-refractivity contribution in [1.29, 1.82) is 0 Å². The second-order valence-electron chi connectivity index (χ2n) is 5.75. The number of carbonyl (C=O) groups is 1. The molecule has 0 spiro atoms. The Morgan fingerprint density at radius 1 is 1.28 bits per heavy atom. The molecule has 5 nitrogen and oxygen atoms in total. The number of benzene rings is 1. The minimum Gasteiger partial charge on any atom is -0.356 e. The third-order valence-corrected chi connectivity index (χ3v) is 5.03. The van der Waals surface area contributed by atoms with Crippen LogP contribution in [0.1, 0.15) is 22.8 Å². The number of aliphatic imine (C=N–C) groups is 1. The Kier molecular flexibility index (Phi) is 7.70. The van der Waals surface area contributed by atoms with Gasteiger partial charge in [0.15, 0.2) is 5.96 Å². The van der Waals surface area contributed by atoms with Crippen molar-refractivity contribution in [2.45, 2.75) is 18.8 Å².